The molecule has 2 aromatic carbocycles. The van der Waals surface area contributed by atoms with E-state index < -0.39 is 0 Å². The number of carbonyl (C=O) groups excluding carboxylic acids is 1. The van der Waals surface area contributed by atoms with Crippen LogP contribution in [-0.2, 0) is 4.79 Å². The Morgan fingerprint density at radius 1 is 1.26 bits per heavy atom. The number of thioether (sulfide) groups is 1. The molecule has 0 aliphatic carbocycles. The number of hydrogen-bond donors (Lipinski definition) is 1. The van der Waals surface area contributed by atoms with Crippen molar-refractivity contribution < 1.29 is 9.53 Å². The molecular formula is C18H12Cl2N4O2S. The number of aromatic nitrogens is 2. The third-order valence-electron chi connectivity index (χ3n) is 3.41. The number of para-hydroxylation sites is 1. The highest BCUT2D eigenvalue weighted by molar-refractivity contribution is 7.99. The van der Waals surface area contributed by atoms with E-state index in [1.165, 1.54) is 18.1 Å². The number of halogens is 2. The summed E-state index contributed by atoms with van der Waals surface area (Å²) < 4.78 is 5.54. The zero-order valence-electron chi connectivity index (χ0n) is 13.8. The van der Waals surface area contributed by atoms with Gasteiger partial charge in [-0.3, -0.25) is 4.79 Å². The molecule has 0 atom stereocenters. The minimum absolute atomic E-state index is 0.215. The number of nitrogens with one attached hydrogen (secondary N) is 1. The molecule has 0 saturated heterocycles. The first-order chi connectivity index (χ1) is 13.1. The molecule has 0 aliphatic heterocycles. The normalized spacial score (nSPS) is 10.4. The minimum atomic E-state index is -0.361. The Kier molecular flexibility index (Phi) is 6.35. The number of nitrogens with zero attached hydrogens (tertiary/aromatic N) is 3. The highest BCUT2D eigenvalue weighted by Gasteiger charge is 2.12. The summed E-state index contributed by atoms with van der Waals surface area (Å²) in [6, 6.07) is 12.5. The third kappa shape index (κ3) is 4.80. The van der Waals surface area contributed by atoms with Gasteiger partial charge >= 0.3 is 0 Å². The van der Waals surface area contributed by atoms with Crippen LogP contribution in [0.3, 0.4) is 0 Å². The van der Waals surface area contributed by atoms with Gasteiger partial charge in [-0.25, -0.2) is 9.97 Å². The number of nitriles is 1. The van der Waals surface area contributed by atoms with Crippen LogP contribution in [0.15, 0.2) is 47.6 Å². The van der Waals surface area contributed by atoms with Gasteiger partial charge in [-0.15, -0.1) is 11.8 Å². The molecule has 6 nitrogen and oxygen atoms in total. The van der Waals surface area contributed by atoms with E-state index in [4.69, 9.17) is 33.2 Å². The van der Waals surface area contributed by atoms with Crippen LogP contribution in [0.5, 0.6) is 5.88 Å². The van der Waals surface area contributed by atoms with Crippen LogP contribution in [0.1, 0.15) is 0 Å². The van der Waals surface area contributed by atoms with Gasteiger partial charge in [0.15, 0.2) is 6.61 Å². The molecule has 0 saturated carbocycles. The number of amides is 1. The Morgan fingerprint density at radius 3 is 2.89 bits per heavy atom. The largest absolute Gasteiger partial charge is 0.467 e. The molecule has 1 heterocycles. The van der Waals surface area contributed by atoms with E-state index in [0.717, 1.165) is 4.90 Å². The summed E-state index contributed by atoms with van der Waals surface area (Å²) in [7, 11) is 0. The maximum atomic E-state index is 12.3. The van der Waals surface area contributed by atoms with Gasteiger partial charge in [0, 0.05) is 9.92 Å². The van der Waals surface area contributed by atoms with Crippen molar-refractivity contribution in [2.75, 3.05) is 17.7 Å². The lowest BCUT2D eigenvalue weighted by molar-refractivity contribution is -0.118. The number of benzene rings is 2. The molecular weight excluding hydrogens is 407 g/mol. The van der Waals surface area contributed by atoms with Crippen molar-refractivity contribution in [2.45, 2.75) is 4.90 Å². The van der Waals surface area contributed by atoms with Crippen molar-refractivity contribution in [1.82, 2.24) is 9.97 Å². The lowest BCUT2D eigenvalue weighted by Gasteiger charge is -2.11. The van der Waals surface area contributed by atoms with E-state index in [-0.39, 0.29) is 24.1 Å². The van der Waals surface area contributed by atoms with E-state index in [2.05, 4.69) is 21.4 Å². The van der Waals surface area contributed by atoms with Crippen LogP contribution in [0.4, 0.5) is 5.69 Å². The molecule has 0 bridgehead atoms. The Balaban J connectivity index is 1.72. The van der Waals surface area contributed by atoms with Gasteiger partial charge in [-0.05, 0) is 24.3 Å². The van der Waals surface area contributed by atoms with Crippen molar-refractivity contribution in [3.8, 4) is 11.9 Å². The lowest BCUT2D eigenvalue weighted by atomic mass is 10.2. The molecule has 1 aromatic heterocycles. The van der Waals surface area contributed by atoms with Gasteiger partial charge in [0.05, 0.1) is 33.4 Å². The zero-order valence-corrected chi connectivity index (χ0v) is 16.1. The second-order valence-electron chi connectivity index (χ2n) is 5.24. The fraction of sp³-hybridized carbons (Fsp3) is 0.111. The third-order valence-corrected chi connectivity index (χ3v) is 4.86. The second kappa shape index (κ2) is 8.91. The Labute approximate surface area is 169 Å². The highest BCUT2D eigenvalue weighted by Crippen LogP contribution is 2.31. The molecule has 27 heavy (non-hydrogen) atoms. The summed E-state index contributed by atoms with van der Waals surface area (Å²) in [6.07, 6.45) is 1.31. The molecule has 1 amide bonds. The van der Waals surface area contributed by atoms with Gasteiger partial charge in [0.2, 0.25) is 5.88 Å². The summed E-state index contributed by atoms with van der Waals surface area (Å²) in [6.45, 7) is -0.256. The molecule has 1 N–H and O–H groups in total. The number of hydrogen-bond acceptors (Lipinski definition) is 6. The van der Waals surface area contributed by atoms with Crippen molar-refractivity contribution in [3.05, 3.63) is 52.8 Å². The first-order valence-electron chi connectivity index (χ1n) is 7.69. The van der Waals surface area contributed by atoms with Crippen molar-refractivity contribution in [2.24, 2.45) is 0 Å². The summed E-state index contributed by atoms with van der Waals surface area (Å²) in [5, 5.41) is 12.8. The lowest BCUT2D eigenvalue weighted by Crippen LogP contribution is -2.21. The molecule has 0 spiro atoms. The van der Waals surface area contributed by atoms with Gasteiger partial charge in [-0.2, -0.15) is 5.26 Å². The van der Waals surface area contributed by atoms with E-state index in [1.54, 1.807) is 24.3 Å². The number of anilines is 1. The average molecular weight is 419 g/mol. The molecule has 0 fully saturated rings. The summed E-state index contributed by atoms with van der Waals surface area (Å²) in [5.74, 6) is 0.143. The summed E-state index contributed by atoms with van der Waals surface area (Å²) in [4.78, 5) is 21.2. The smallest absolute Gasteiger partial charge is 0.262 e. The van der Waals surface area contributed by atoms with Crippen LogP contribution in [0.2, 0.25) is 10.0 Å². The maximum Gasteiger partial charge on any atom is 0.262 e. The topological polar surface area (TPSA) is 87.9 Å². The molecule has 9 heteroatoms. The zero-order chi connectivity index (χ0) is 19.2. The number of ether oxygens (including phenoxy) is 1. The Morgan fingerprint density at radius 2 is 2.07 bits per heavy atom. The summed E-state index contributed by atoms with van der Waals surface area (Å²) in [5.41, 5.74) is 1.11. The maximum absolute atomic E-state index is 12.3. The first kappa shape index (κ1) is 19.2. The van der Waals surface area contributed by atoms with Gasteiger partial charge in [0.1, 0.15) is 6.33 Å². The molecule has 0 unspecified atom stereocenters. The fourth-order valence-electron chi connectivity index (χ4n) is 2.31. The van der Waals surface area contributed by atoms with Crippen molar-refractivity contribution in [1.29, 1.82) is 5.26 Å². The number of rotatable bonds is 6. The van der Waals surface area contributed by atoms with Gasteiger partial charge in [-0.1, -0.05) is 35.3 Å². The Hall–Kier alpha value is -2.53. The Bertz CT molecular complexity index is 1040. The predicted octanol–water partition coefficient (Wildman–Crippen LogP) is 4.57. The van der Waals surface area contributed by atoms with E-state index >= 15 is 0 Å². The minimum Gasteiger partial charge on any atom is -0.467 e. The monoisotopic (exact) mass is 418 g/mol. The quantitative estimate of drug-likeness (QED) is 0.589. The number of fused-ring (bicyclic) bond motifs is 1. The van der Waals surface area contributed by atoms with Gasteiger partial charge in [0.25, 0.3) is 5.91 Å². The van der Waals surface area contributed by atoms with Crippen LogP contribution in [0, 0.1) is 11.3 Å². The van der Waals surface area contributed by atoms with Crippen LogP contribution < -0.4 is 10.1 Å². The first-order valence-corrected chi connectivity index (χ1v) is 9.44. The number of carbonyl (C=O) groups is 1. The molecule has 3 aromatic rings. The molecule has 136 valence electrons. The highest BCUT2D eigenvalue weighted by atomic mass is 35.5. The standard InChI is InChI=1S/C18H12Cl2N4O2S/c19-11-7-12-17(13(20)8-11)22-10-23-18(12)26-9-16(25)24-14-3-1-2-4-15(14)27-6-5-21/h1-4,7-8,10H,6,9H2,(H,24,25). The molecule has 0 radical (unpaired) electrons. The van der Waals surface area contributed by atoms with Crippen molar-refractivity contribution in [3.63, 3.8) is 0 Å². The molecule has 0 aliphatic rings. The second-order valence-corrected chi connectivity index (χ2v) is 7.10. The van der Waals surface area contributed by atoms with E-state index in [0.29, 0.717) is 26.6 Å². The van der Waals surface area contributed by atoms with Crippen molar-refractivity contribution >= 4 is 57.5 Å². The predicted molar refractivity (Wildman–Crippen MR) is 106 cm³/mol. The SMILES string of the molecule is N#CCSc1ccccc1NC(=O)COc1ncnc2c(Cl)cc(Cl)cc12. The van der Waals surface area contributed by atoms with Crippen LogP contribution >= 0.6 is 35.0 Å². The van der Waals surface area contributed by atoms with E-state index in [9.17, 15) is 4.79 Å². The fourth-order valence-corrected chi connectivity index (χ4v) is 3.52. The van der Waals surface area contributed by atoms with E-state index in [1.807, 2.05) is 12.1 Å². The van der Waals surface area contributed by atoms with Gasteiger partial charge < -0.3 is 10.1 Å². The summed E-state index contributed by atoms with van der Waals surface area (Å²) >= 11 is 13.5. The van der Waals surface area contributed by atoms with Crippen LogP contribution in [-0.4, -0.2) is 28.2 Å². The molecule has 3 rings (SSSR count). The average Bonchev–Trinajstić information content (AvgIpc) is 2.65. The van der Waals surface area contributed by atoms with Crippen LogP contribution in [0.25, 0.3) is 10.9 Å².